The minimum Gasteiger partial charge on any atom is -0.302 e. The molecular weight excluding hydrogens is 332 g/mol. The van der Waals surface area contributed by atoms with E-state index in [1.54, 1.807) is 0 Å². The molecule has 4 rings (SSSR count). The minimum atomic E-state index is 0.676. The molecule has 4 nitrogen and oxygen atoms in total. The standard InChI is InChI=1S/C23H28N4/c1-26(17-22-9-6-14-27(22)2)16-21-15-24-25-23(21)20-12-10-19(11-13-20)18-7-4-3-5-8-18/h3-5,7-8,10-13,15,22H,6,9,14,16-17H2,1-2H3,(H,24,25)/t22-/m0/s1. The van der Waals surface area contributed by atoms with Crippen LogP contribution in [0.25, 0.3) is 22.4 Å². The van der Waals surface area contributed by atoms with Gasteiger partial charge in [-0.25, -0.2) is 0 Å². The molecule has 0 bridgehead atoms. The Kier molecular flexibility index (Phi) is 5.37. The number of benzene rings is 2. The summed E-state index contributed by atoms with van der Waals surface area (Å²) in [7, 11) is 4.45. The summed E-state index contributed by atoms with van der Waals surface area (Å²) in [5, 5.41) is 7.52. The third-order valence-electron chi connectivity index (χ3n) is 5.63. The van der Waals surface area contributed by atoms with Crippen LogP contribution in [-0.4, -0.2) is 53.2 Å². The monoisotopic (exact) mass is 360 g/mol. The zero-order valence-electron chi connectivity index (χ0n) is 16.2. The van der Waals surface area contributed by atoms with Crippen molar-refractivity contribution >= 4 is 0 Å². The summed E-state index contributed by atoms with van der Waals surface area (Å²) in [5.41, 5.74) is 6.05. The van der Waals surface area contributed by atoms with Crippen LogP contribution in [0.4, 0.5) is 0 Å². The minimum absolute atomic E-state index is 0.676. The number of aromatic nitrogens is 2. The molecule has 27 heavy (non-hydrogen) atoms. The first-order valence-corrected chi connectivity index (χ1v) is 9.77. The molecule has 1 N–H and O–H groups in total. The maximum Gasteiger partial charge on any atom is 0.0695 e. The second-order valence-electron chi connectivity index (χ2n) is 7.69. The summed E-state index contributed by atoms with van der Waals surface area (Å²) < 4.78 is 0. The van der Waals surface area contributed by atoms with E-state index >= 15 is 0 Å². The van der Waals surface area contributed by atoms with Gasteiger partial charge in [-0.1, -0.05) is 54.6 Å². The molecule has 0 spiro atoms. The highest BCUT2D eigenvalue weighted by Crippen LogP contribution is 2.26. The Morgan fingerprint density at radius 1 is 1.04 bits per heavy atom. The lowest BCUT2D eigenvalue weighted by atomic mass is 10.0. The van der Waals surface area contributed by atoms with Gasteiger partial charge in [0.05, 0.1) is 11.9 Å². The molecule has 3 aromatic rings. The maximum absolute atomic E-state index is 4.32. The van der Waals surface area contributed by atoms with E-state index in [1.165, 1.54) is 41.6 Å². The van der Waals surface area contributed by atoms with Gasteiger partial charge in [-0.3, -0.25) is 5.10 Å². The number of likely N-dealkylation sites (N-methyl/N-ethyl adjacent to an activating group) is 2. The lowest BCUT2D eigenvalue weighted by Crippen LogP contribution is -2.36. The van der Waals surface area contributed by atoms with Crippen molar-refractivity contribution in [1.29, 1.82) is 0 Å². The molecule has 0 aliphatic carbocycles. The van der Waals surface area contributed by atoms with Crippen LogP contribution in [0.2, 0.25) is 0 Å². The first kappa shape index (κ1) is 18.0. The van der Waals surface area contributed by atoms with Crippen LogP contribution in [0.3, 0.4) is 0 Å². The number of hydrogen-bond donors (Lipinski definition) is 1. The summed E-state index contributed by atoms with van der Waals surface area (Å²) in [4.78, 5) is 4.90. The molecule has 1 saturated heterocycles. The summed E-state index contributed by atoms with van der Waals surface area (Å²) in [6.45, 7) is 3.24. The fraction of sp³-hybridized carbons (Fsp3) is 0.348. The first-order valence-electron chi connectivity index (χ1n) is 9.77. The van der Waals surface area contributed by atoms with Gasteiger partial charge in [0.15, 0.2) is 0 Å². The van der Waals surface area contributed by atoms with Crippen molar-refractivity contribution in [3.63, 3.8) is 0 Å². The second-order valence-corrected chi connectivity index (χ2v) is 7.69. The quantitative estimate of drug-likeness (QED) is 0.713. The topological polar surface area (TPSA) is 35.2 Å². The Morgan fingerprint density at radius 3 is 2.44 bits per heavy atom. The van der Waals surface area contributed by atoms with Gasteiger partial charge in [0, 0.05) is 24.7 Å². The van der Waals surface area contributed by atoms with Gasteiger partial charge < -0.3 is 9.80 Å². The van der Waals surface area contributed by atoms with Crippen LogP contribution in [-0.2, 0) is 6.54 Å². The van der Waals surface area contributed by atoms with Crippen LogP contribution in [0.5, 0.6) is 0 Å². The van der Waals surface area contributed by atoms with Gasteiger partial charge in [-0.2, -0.15) is 5.10 Å². The summed E-state index contributed by atoms with van der Waals surface area (Å²) in [6.07, 6.45) is 4.59. The predicted octanol–water partition coefficient (Wildman–Crippen LogP) is 4.27. The molecule has 1 aliphatic rings. The van der Waals surface area contributed by atoms with Crippen molar-refractivity contribution in [3.05, 3.63) is 66.4 Å². The number of aromatic amines is 1. The second kappa shape index (κ2) is 8.07. The molecule has 2 heterocycles. The molecule has 140 valence electrons. The van der Waals surface area contributed by atoms with E-state index in [4.69, 9.17) is 0 Å². The van der Waals surface area contributed by atoms with E-state index in [2.05, 4.69) is 88.7 Å². The Morgan fingerprint density at radius 2 is 1.74 bits per heavy atom. The van der Waals surface area contributed by atoms with Crippen molar-refractivity contribution in [3.8, 4) is 22.4 Å². The fourth-order valence-corrected chi connectivity index (χ4v) is 4.07. The van der Waals surface area contributed by atoms with Gasteiger partial charge in [-0.15, -0.1) is 0 Å². The molecule has 2 aromatic carbocycles. The Labute approximate surface area is 161 Å². The smallest absolute Gasteiger partial charge is 0.0695 e. The number of likely N-dealkylation sites (tertiary alicyclic amines) is 1. The van der Waals surface area contributed by atoms with Crippen LogP contribution in [0.1, 0.15) is 18.4 Å². The maximum atomic E-state index is 4.32. The molecule has 1 fully saturated rings. The van der Waals surface area contributed by atoms with Crippen LogP contribution in [0.15, 0.2) is 60.8 Å². The average molecular weight is 361 g/mol. The van der Waals surface area contributed by atoms with E-state index in [1.807, 2.05) is 6.20 Å². The number of hydrogen-bond acceptors (Lipinski definition) is 3. The predicted molar refractivity (Wildman–Crippen MR) is 111 cm³/mol. The first-order chi connectivity index (χ1) is 13.2. The molecule has 0 saturated carbocycles. The lowest BCUT2D eigenvalue weighted by Gasteiger charge is -2.25. The van der Waals surface area contributed by atoms with Crippen molar-refractivity contribution in [2.45, 2.75) is 25.4 Å². The highest BCUT2D eigenvalue weighted by Gasteiger charge is 2.22. The summed E-state index contributed by atoms with van der Waals surface area (Å²) in [6, 6.07) is 19.9. The summed E-state index contributed by atoms with van der Waals surface area (Å²) >= 11 is 0. The van der Waals surface area contributed by atoms with Crippen LogP contribution in [0, 0.1) is 0 Å². The van der Waals surface area contributed by atoms with Crippen molar-refractivity contribution < 1.29 is 0 Å². The Bertz CT molecular complexity index is 854. The largest absolute Gasteiger partial charge is 0.302 e. The van der Waals surface area contributed by atoms with Gasteiger partial charge in [0.25, 0.3) is 0 Å². The molecule has 1 aliphatic heterocycles. The average Bonchev–Trinajstić information content (AvgIpc) is 3.32. The zero-order chi connectivity index (χ0) is 18.6. The zero-order valence-corrected chi connectivity index (χ0v) is 16.2. The van der Waals surface area contributed by atoms with Crippen molar-refractivity contribution in [1.82, 2.24) is 20.0 Å². The number of nitrogens with zero attached hydrogens (tertiary/aromatic N) is 3. The molecule has 0 amide bonds. The Hall–Kier alpha value is -2.43. The van der Waals surface area contributed by atoms with Gasteiger partial charge in [0.1, 0.15) is 0 Å². The number of nitrogens with one attached hydrogen (secondary N) is 1. The van der Waals surface area contributed by atoms with E-state index in [-0.39, 0.29) is 0 Å². The molecule has 0 unspecified atom stereocenters. The normalized spacial score (nSPS) is 17.7. The summed E-state index contributed by atoms with van der Waals surface area (Å²) in [5.74, 6) is 0. The van der Waals surface area contributed by atoms with Crippen molar-refractivity contribution in [2.75, 3.05) is 27.2 Å². The van der Waals surface area contributed by atoms with Gasteiger partial charge in [0.2, 0.25) is 0 Å². The highest BCUT2D eigenvalue weighted by atomic mass is 15.2. The molecule has 1 aromatic heterocycles. The van der Waals surface area contributed by atoms with E-state index in [9.17, 15) is 0 Å². The van der Waals surface area contributed by atoms with E-state index in [0.29, 0.717) is 6.04 Å². The highest BCUT2D eigenvalue weighted by molar-refractivity contribution is 5.69. The molecule has 1 atom stereocenters. The SMILES string of the molecule is CN(Cc1cn[nH]c1-c1ccc(-c2ccccc2)cc1)C[C@@H]1CCCN1C. The van der Waals surface area contributed by atoms with Crippen LogP contribution < -0.4 is 0 Å². The molecule has 0 radical (unpaired) electrons. The molecule has 4 heteroatoms. The van der Waals surface area contributed by atoms with Crippen LogP contribution >= 0.6 is 0 Å². The van der Waals surface area contributed by atoms with E-state index < -0.39 is 0 Å². The molecular formula is C23H28N4. The number of rotatable bonds is 6. The fourth-order valence-electron chi connectivity index (χ4n) is 4.07. The Balaban J connectivity index is 1.46. The lowest BCUT2D eigenvalue weighted by molar-refractivity contribution is 0.215. The van der Waals surface area contributed by atoms with Gasteiger partial charge in [-0.05, 0) is 50.2 Å². The third kappa shape index (κ3) is 4.12. The van der Waals surface area contributed by atoms with E-state index in [0.717, 1.165) is 18.8 Å². The van der Waals surface area contributed by atoms with Gasteiger partial charge >= 0.3 is 0 Å². The number of H-pyrrole nitrogens is 1. The van der Waals surface area contributed by atoms with Crippen molar-refractivity contribution in [2.24, 2.45) is 0 Å². The third-order valence-corrected chi connectivity index (χ3v) is 5.63.